The lowest BCUT2D eigenvalue weighted by molar-refractivity contribution is -0.300. The van der Waals surface area contributed by atoms with Crippen LogP contribution in [0.2, 0.25) is 0 Å². The fraction of sp³-hybridized carbons (Fsp3) is 0.588. The van der Waals surface area contributed by atoms with Gasteiger partial charge in [0.05, 0.1) is 13.2 Å². The predicted octanol–water partition coefficient (Wildman–Crippen LogP) is -1.45. The van der Waals surface area contributed by atoms with Crippen molar-refractivity contribution in [2.24, 2.45) is 0 Å². The molecule has 1 aliphatic heterocycles. The summed E-state index contributed by atoms with van der Waals surface area (Å²) in [5, 5.41) is 40.9. The zero-order valence-corrected chi connectivity index (χ0v) is 13.8. The molecule has 0 aromatic heterocycles. The Kier molecular flexibility index (Phi) is 7.76. The highest BCUT2D eigenvalue weighted by Gasteiger charge is 2.43. The Labute approximate surface area is 146 Å². The molecule has 140 valence electrons. The summed E-state index contributed by atoms with van der Waals surface area (Å²) in [6, 6.07) is 9.66. The minimum atomic E-state index is -1.48. The quantitative estimate of drug-likeness (QED) is 0.361. The van der Waals surface area contributed by atoms with E-state index in [-0.39, 0.29) is 19.1 Å². The van der Waals surface area contributed by atoms with E-state index in [2.05, 4.69) is 5.32 Å². The SMILES string of the molecule is O=C(CCc1ccccc1)NCCO[C@H]1O[C@H](CO)[C@H](O)[C@H](O)[C@H]1O. The van der Waals surface area contributed by atoms with Crippen molar-refractivity contribution in [1.29, 1.82) is 0 Å². The third kappa shape index (κ3) is 5.74. The fourth-order valence-corrected chi connectivity index (χ4v) is 2.56. The minimum absolute atomic E-state index is 0.0553. The number of nitrogens with one attached hydrogen (secondary N) is 1. The Balaban J connectivity index is 1.65. The maximum Gasteiger partial charge on any atom is 0.220 e. The zero-order valence-electron chi connectivity index (χ0n) is 13.8. The molecule has 8 heteroatoms. The maximum absolute atomic E-state index is 11.8. The number of aliphatic hydroxyl groups is 4. The lowest BCUT2D eigenvalue weighted by Gasteiger charge is -2.39. The van der Waals surface area contributed by atoms with E-state index in [0.29, 0.717) is 12.8 Å². The molecule has 1 aliphatic rings. The average molecular weight is 355 g/mol. The van der Waals surface area contributed by atoms with Crippen LogP contribution in [0.5, 0.6) is 0 Å². The smallest absolute Gasteiger partial charge is 0.220 e. The van der Waals surface area contributed by atoms with Gasteiger partial charge < -0.3 is 35.2 Å². The molecule has 1 fully saturated rings. The van der Waals surface area contributed by atoms with Crippen LogP contribution in [0.15, 0.2) is 30.3 Å². The van der Waals surface area contributed by atoms with Gasteiger partial charge in [0.1, 0.15) is 24.4 Å². The highest BCUT2D eigenvalue weighted by atomic mass is 16.7. The van der Waals surface area contributed by atoms with E-state index >= 15 is 0 Å². The molecule has 1 heterocycles. The molecule has 1 amide bonds. The second-order valence-electron chi connectivity index (χ2n) is 5.90. The topological polar surface area (TPSA) is 128 Å². The normalized spacial score (nSPS) is 29.4. The van der Waals surface area contributed by atoms with Gasteiger partial charge in [0.2, 0.25) is 5.91 Å². The van der Waals surface area contributed by atoms with Gasteiger partial charge in [-0.1, -0.05) is 30.3 Å². The third-order valence-corrected chi connectivity index (χ3v) is 4.04. The van der Waals surface area contributed by atoms with E-state index in [4.69, 9.17) is 14.6 Å². The molecule has 0 radical (unpaired) electrons. The summed E-state index contributed by atoms with van der Waals surface area (Å²) in [5.41, 5.74) is 1.08. The lowest BCUT2D eigenvalue weighted by atomic mass is 9.99. The summed E-state index contributed by atoms with van der Waals surface area (Å²) in [6.45, 7) is -0.247. The summed E-state index contributed by atoms with van der Waals surface area (Å²) >= 11 is 0. The van der Waals surface area contributed by atoms with Gasteiger partial charge in [0, 0.05) is 13.0 Å². The van der Waals surface area contributed by atoms with Crippen LogP contribution in [0, 0.1) is 0 Å². The van der Waals surface area contributed by atoms with Crippen molar-refractivity contribution in [3.05, 3.63) is 35.9 Å². The molecule has 8 nitrogen and oxygen atoms in total. The van der Waals surface area contributed by atoms with Crippen molar-refractivity contribution in [3.63, 3.8) is 0 Å². The molecule has 2 rings (SSSR count). The first-order valence-electron chi connectivity index (χ1n) is 8.25. The predicted molar refractivity (Wildman–Crippen MR) is 87.5 cm³/mol. The highest BCUT2D eigenvalue weighted by molar-refractivity contribution is 5.76. The number of carbonyl (C=O) groups excluding carboxylic acids is 1. The number of aliphatic hydroxyl groups excluding tert-OH is 4. The molecule has 0 bridgehead atoms. The summed E-state index contributed by atoms with van der Waals surface area (Å²) in [4.78, 5) is 11.8. The van der Waals surface area contributed by atoms with Crippen LogP contribution >= 0.6 is 0 Å². The molecule has 25 heavy (non-hydrogen) atoms. The van der Waals surface area contributed by atoms with Gasteiger partial charge in [-0.05, 0) is 12.0 Å². The number of aryl methyl sites for hydroxylation is 1. The van der Waals surface area contributed by atoms with Gasteiger partial charge in [-0.15, -0.1) is 0 Å². The van der Waals surface area contributed by atoms with E-state index < -0.39 is 37.3 Å². The Morgan fingerprint density at radius 1 is 1.12 bits per heavy atom. The summed E-state index contributed by atoms with van der Waals surface area (Å²) in [6.07, 6.45) is -5.54. The number of rotatable bonds is 8. The van der Waals surface area contributed by atoms with Gasteiger partial charge in [0.25, 0.3) is 0 Å². The number of hydrogen-bond acceptors (Lipinski definition) is 7. The fourth-order valence-electron chi connectivity index (χ4n) is 2.56. The van der Waals surface area contributed by atoms with Crippen LogP contribution in [0.4, 0.5) is 0 Å². The zero-order chi connectivity index (χ0) is 18.2. The number of amides is 1. The Hall–Kier alpha value is -1.55. The first kappa shape index (κ1) is 19.8. The standard InChI is InChI=1S/C17H25NO7/c19-10-12-14(21)15(22)16(23)17(25-12)24-9-8-18-13(20)7-6-11-4-2-1-3-5-11/h1-5,12,14-17,19,21-23H,6-10H2,(H,18,20)/t12-,14+,15+,16-,17+/m1/s1. The van der Waals surface area contributed by atoms with Gasteiger partial charge in [-0.25, -0.2) is 0 Å². The van der Waals surface area contributed by atoms with Crippen LogP contribution in [-0.2, 0) is 20.7 Å². The van der Waals surface area contributed by atoms with Crippen molar-refractivity contribution in [2.75, 3.05) is 19.8 Å². The summed E-state index contributed by atoms with van der Waals surface area (Å²) in [5.74, 6) is -0.124. The maximum atomic E-state index is 11.8. The molecule has 5 atom stereocenters. The van der Waals surface area contributed by atoms with E-state index in [1.165, 1.54) is 0 Å². The molecule has 1 aromatic rings. The van der Waals surface area contributed by atoms with Crippen molar-refractivity contribution < 1.29 is 34.7 Å². The van der Waals surface area contributed by atoms with E-state index in [9.17, 15) is 20.1 Å². The second kappa shape index (κ2) is 9.81. The Morgan fingerprint density at radius 2 is 1.84 bits per heavy atom. The molecule has 0 aliphatic carbocycles. The first-order chi connectivity index (χ1) is 12.0. The number of benzene rings is 1. The monoisotopic (exact) mass is 355 g/mol. The number of ether oxygens (including phenoxy) is 2. The van der Waals surface area contributed by atoms with Crippen LogP contribution in [0.3, 0.4) is 0 Å². The van der Waals surface area contributed by atoms with Crippen LogP contribution < -0.4 is 5.32 Å². The molecule has 0 spiro atoms. The van der Waals surface area contributed by atoms with Gasteiger partial charge in [0.15, 0.2) is 6.29 Å². The largest absolute Gasteiger partial charge is 0.394 e. The summed E-state index contributed by atoms with van der Waals surface area (Å²) < 4.78 is 10.5. The lowest BCUT2D eigenvalue weighted by Crippen LogP contribution is -2.59. The first-order valence-corrected chi connectivity index (χ1v) is 8.25. The van der Waals surface area contributed by atoms with Gasteiger partial charge in [-0.3, -0.25) is 4.79 Å². The molecule has 5 N–H and O–H groups in total. The summed E-state index contributed by atoms with van der Waals surface area (Å²) in [7, 11) is 0. The van der Waals surface area contributed by atoms with Gasteiger partial charge >= 0.3 is 0 Å². The molecule has 0 unspecified atom stereocenters. The Bertz CT molecular complexity index is 525. The van der Waals surface area contributed by atoms with E-state index in [0.717, 1.165) is 5.56 Å². The molecular formula is C17H25NO7. The van der Waals surface area contributed by atoms with Crippen molar-refractivity contribution in [1.82, 2.24) is 5.32 Å². The van der Waals surface area contributed by atoms with Crippen LogP contribution in [0.1, 0.15) is 12.0 Å². The van der Waals surface area contributed by atoms with Crippen LogP contribution in [-0.4, -0.2) is 76.8 Å². The third-order valence-electron chi connectivity index (χ3n) is 4.04. The molecular weight excluding hydrogens is 330 g/mol. The Morgan fingerprint density at radius 3 is 2.52 bits per heavy atom. The van der Waals surface area contributed by atoms with Crippen molar-refractivity contribution in [2.45, 2.75) is 43.5 Å². The molecule has 0 saturated carbocycles. The van der Waals surface area contributed by atoms with Crippen molar-refractivity contribution >= 4 is 5.91 Å². The van der Waals surface area contributed by atoms with Gasteiger partial charge in [-0.2, -0.15) is 0 Å². The van der Waals surface area contributed by atoms with E-state index in [1.807, 2.05) is 30.3 Å². The number of carbonyl (C=O) groups is 1. The average Bonchev–Trinajstić information content (AvgIpc) is 2.64. The molecule has 1 aromatic carbocycles. The second-order valence-corrected chi connectivity index (χ2v) is 5.90. The minimum Gasteiger partial charge on any atom is -0.394 e. The highest BCUT2D eigenvalue weighted by Crippen LogP contribution is 2.21. The molecule has 1 saturated heterocycles. The van der Waals surface area contributed by atoms with E-state index in [1.54, 1.807) is 0 Å². The van der Waals surface area contributed by atoms with Crippen molar-refractivity contribution in [3.8, 4) is 0 Å². The van der Waals surface area contributed by atoms with Crippen LogP contribution in [0.25, 0.3) is 0 Å². The number of hydrogen-bond donors (Lipinski definition) is 5.